The summed E-state index contributed by atoms with van der Waals surface area (Å²) in [6.45, 7) is 5.28. The van der Waals surface area contributed by atoms with Crippen molar-refractivity contribution in [3.63, 3.8) is 0 Å². The van der Waals surface area contributed by atoms with Crippen molar-refractivity contribution in [2.24, 2.45) is 17.6 Å². The van der Waals surface area contributed by atoms with E-state index in [0.29, 0.717) is 6.54 Å². The first kappa shape index (κ1) is 12.0. The van der Waals surface area contributed by atoms with Crippen molar-refractivity contribution in [2.75, 3.05) is 13.1 Å². The van der Waals surface area contributed by atoms with Gasteiger partial charge in [-0.15, -0.1) is 0 Å². The molecule has 0 aromatic heterocycles. The molecule has 86 valence electrons. The van der Waals surface area contributed by atoms with Gasteiger partial charge in [-0.2, -0.15) is 0 Å². The topological polar surface area (TPSA) is 84.2 Å². The van der Waals surface area contributed by atoms with E-state index in [2.05, 4.69) is 10.6 Å². The second-order valence-electron chi connectivity index (χ2n) is 4.32. The van der Waals surface area contributed by atoms with Crippen LogP contribution in [0.15, 0.2) is 0 Å². The van der Waals surface area contributed by atoms with Gasteiger partial charge in [0.1, 0.15) is 6.04 Å². The standard InChI is InChI=1S/C10H19N3O2/c1-6(2)8(9(11)14)13-10(15)7-3-4-12-5-7/h6-8,12H,3-5H2,1-2H3,(H2,11,14)(H,13,15). The maximum Gasteiger partial charge on any atom is 0.240 e. The lowest BCUT2D eigenvalue weighted by Gasteiger charge is -2.20. The SMILES string of the molecule is CC(C)C(NC(=O)C1CCNC1)C(N)=O. The molecule has 1 fully saturated rings. The molecule has 0 bridgehead atoms. The molecule has 0 spiro atoms. The molecular weight excluding hydrogens is 194 g/mol. The fourth-order valence-corrected chi connectivity index (χ4v) is 1.72. The van der Waals surface area contributed by atoms with Crippen LogP contribution in [0.25, 0.3) is 0 Å². The number of carbonyl (C=O) groups excluding carboxylic acids is 2. The van der Waals surface area contributed by atoms with E-state index >= 15 is 0 Å². The molecule has 2 amide bonds. The van der Waals surface area contributed by atoms with Gasteiger partial charge in [-0.3, -0.25) is 9.59 Å². The number of primary amides is 1. The Kier molecular flexibility index (Phi) is 4.08. The molecule has 2 unspecified atom stereocenters. The van der Waals surface area contributed by atoms with Crippen LogP contribution >= 0.6 is 0 Å². The van der Waals surface area contributed by atoms with Crippen LogP contribution in [-0.2, 0) is 9.59 Å². The average molecular weight is 213 g/mol. The van der Waals surface area contributed by atoms with E-state index < -0.39 is 11.9 Å². The predicted molar refractivity (Wildman–Crippen MR) is 56.9 cm³/mol. The third kappa shape index (κ3) is 3.20. The van der Waals surface area contributed by atoms with Gasteiger partial charge in [-0.25, -0.2) is 0 Å². The Labute approximate surface area is 89.8 Å². The minimum atomic E-state index is -0.557. The molecule has 5 nitrogen and oxygen atoms in total. The van der Waals surface area contributed by atoms with Crippen LogP contribution in [0.2, 0.25) is 0 Å². The quantitative estimate of drug-likeness (QED) is 0.573. The number of amides is 2. The molecule has 1 aliphatic heterocycles. The van der Waals surface area contributed by atoms with Gasteiger partial charge in [0.2, 0.25) is 11.8 Å². The van der Waals surface area contributed by atoms with Gasteiger partial charge < -0.3 is 16.4 Å². The minimum Gasteiger partial charge on any atom is -0.368 e. The molecule has 0 radical (unpaired) electrons. The van der Waals surface area contributed by atoms with Crippen molar-refractivity contribution in [2.45, 2.75) is 26.3 Å². The molecule has 0 saturated carbocycles. The highest BCUT2D eigenvalue weighted by Gasteiger charge is 2.27. The third-order valence-electron chi connectivity index (χ3n) is 2.70. The van der Waals surface area contributed by atoms with Crippen LogP contribution in [0, 0.1) is 11.8 Å². The Morgan fingerprint density at radius 2 is 2.13 bits per heavy atom. The second-order valence-corrected chi connectivity index (χ2v) is 4.32. The first-order valence-corrected chi connectivity index (χ1v) is 5.32. The minimum absolute atomic E-state index is 0.0226. The predicted octanol–water partition coefficient (Wildman–Crippen LogP) is -0.778. The van der Waals surface area contributed by atoms with Crippen molar-refractivity contribution in [1.29, 1.82) is 0 Å². The zero-order chi connectivity index (χ0) is 11.4. The highest BCUT2D eigenvalue weighted by atomic mass is 16.2. The molecule has 1 aliphatic rings. The van der Waals surface area contributed by atoms with Crippen molar-refractivity contribution in [3.05, 3.63) is 0 Å². The number of hydrogen-bond acceptors (Lipinski definition) is 3. The number of nitrogens with two attached hydrogens (primary N) is 1. The normalized spacial score (nSPS) is 22.7. The Morgan fingerprint density at radius 1 is 1.47 bits per heavy atom. The maximum absolute atomic E-state index is 11.7. The summed E-state index contributed by atoms with van der Waals surface area (Å²) in [4.78, 5) is 22.8. The van der Waals surface area contributed by atoms with Crippen LogP contribution in [0.5, 0.6) is 0 Å². The highest BCUT2D eigenvalue weighted by Crippen LogP contribution is 2.09. The summed E-state index contributed by atoms with van der Waals surface area (Å²) in [5.41, 5.74) is 5.22. The van der Waals surface area contributed by atoms with E-state index in [1.54, 1.807) is 0 Å². The van der Waals surface area contributed by atoms with Crippen molar-refractivity contribution < 1.29 is 9.59 Å². The Hall–Kier alpha value is -1.10. The Morgan fingerprint density at radius 3 is 2.53 bits per heavy atom. The molecular formula is C10H19N3O2. The van der Waals surface area contributed by atoms with E-state index in [1.165, 1.54) is 0 Å². The molecule has 2 atom stereocenters. The lowest BCUT2D eigenvalue weighted by Crippen LogP contribution is -2.49. The van der Waals surface area contributed by atoms with E-state index in [-0.39, 0.29) is 17.7 Å². The van der Waals surface area contributed by atoms with Crippen molar-refractivity contribution in [1.82, 2.24) is 10.6 Å². The molecule has 15 heavy (non-hydrogen) atoms. The average Bonchev–Trinajstić information content (AvgIpc) is 2.65. The van der Waals surface area contributed by atoms with E-state index in [9.17, 15) is 9.59 Å². The first-order chi connectivity index (χ1) is 7.02. The summed E-state index contributed by atoms with van der Waals surface area (Å²) in [5, 5.41) is 5.81. The summed E-state index contributed by atoms with van der Waals surface area (Å²) in [6, 6.07) is -0.557. The zero-order valence-corrected chi connectivity index (χ0v) is 9.25. The van der Waals surface area contributed by atoms with Crippen LogP contribution in [0.4, 0.5) is 0 Å². The lowest BCUT2D eigenvalue weighted by molar-refractivity contribution is -0.130. The van der Waals surface area contributed by atoms with Gasteiger partial charge >= 0.3 is 0 Å². The maximum atomic E-state index is 11.7. The van der Waals surface area contributed by atoms with Crippen molar-refractivity contribution >= 4 is 11.8 Å². The summed E-state index contributed by atoms with van der Waals surface area (Å²) in [5.74, 6) is -0.534. The Bertz CT molecular complexity index is 247. The van der Waals surface area contributed by atoms with Crippen LogP contribution in [0.1, 0.15) is 20.3 Å². The lowest BCUT2D eigenvalue weighted by atomic mass is 10.0. The number of rotatable bonds is 4. The fraction of sp³-hybridized carbons (Fsp3) is 0.800. The molecule has 0 aliphatic carbocycles. The van der Waals surface area contributed by atoms with Gasteiger partial charge in [0, 0.05) is 6.54 Å². The monoisotopic (exact) mass is 213 g/mol. The van der Waals surface area contributed by atoms with Crippen LogP contribution < -0.4 is 16.4 Å². The van der Waals surface area contributed by atoms with Gasteiger partial charge in [-0.1, -0.05) is 13.8 Å². The van der Waals surface area contributed by atoms with Gasteiger partial charge in [-0.05, 0) is 18.9 Å². The fourth-order valence-electron chi connectivity index (χ4n) is 1.72. The molecule has 1 saturated heterocycles. The van der Waals surface area contributed by atoms with E-state index in [4.69, 9.17) is 5.73 Å². The van der Waals surface area contributed by atoms with Crippen LogP contribution in [0.3, 0.4) is 0 Å². The number of nitrogens with one attached hydrogen (secondary N) is 2. The molecule has 1 rings (SSSR count). The third-order valence-corrected chi connectivity index (χ3v) is 2.70. The zero-order valence-electron chi connectivity index (χ0n) is 9.25. The van der Waals surface area contributed by atoms with Crippen LogP contribution in [-0.4, -0.2) is 30.9 Å². The summed E-state index contributed by atoms with van der Waals surface area (Å²) in [6.07, 6.45) is 0.829. The van der Waals surface area contributed by atoms with Gasteiger partial charge in [0.25, 0.3) is 0 Å². The first-order valence-electron chi connectivity index (χ1n) is 5.32. The second kappa shape index (κ2) is 5.11. The number of hydrogen-bond donors (Lipinski definition) is 3. The van der Waals surface area contributed by atoms with Crippen molar-refractivity contribution in [3.8, 4) is 0 Å². The summed E-state index contributed by atoms with van der Waals surface area (Å²) in [7, 11) is 0. The molecule has 0 aromatic rings. The highest BCUT2D eigenvalue weighted by molar-refractivity contribution is 5.87. The van der Waals surface area contributed by atoms with E-state index in [0.717, 1.165) is 13.0 Å². The number of carbonyl (C=O) groups is 2. The Balaban J connectivity index is 2.50. The largest absolute Gasteiger partial charge is 0.368 e. The van der Waals surface area contributed by atoms with E-state index in [1.807, 2.05) is 13.8 Å². The molecule has 4 N–H and O–H groups in total. The smallest absolute Gasteiger partial charge is 0.240 e. The summed E-state index contributed by atoms with van der Waals surface area (Å²) >= 11 is 0. The van der Waals surface area contributed by atoms with Gasteiger partial charge in [0.05, 0.1) is 5.92 Å². The summed E-state index contributed by atoms with van der Waals surface area (Å²) < 4.78 is 0. The molecule has 0 aromatic carbocycles. The molecule has 1 heterocycles. The molecule has 5 heteroatoms. The van der Waals surface area contributed by atoms with Gasteiger partial charge in [0.15, 0.2) is 0 Å².